The number of allylic oxidation sites excluding steroid dienone is 1. The largest absolute Gasteiger partial charge is 0.493 e. The number of benzene rings is 3. The first-order valence-electron chi connectivity index (χ1n) is 10.8. The Hall–Kier alpha value is -3.97. The van der Waals surface area contributed by atoms with Crippen LogP contribution in [0.1, 0.15) is 16.7 Å². The topological polar surface area (TPSA) is 78.4 Å². The normalized spacial score (nSPS) is 10.6. The second-order valence-corrected chi connectivity index (χ2v) is 7.82. The van der Waals surface area contributed by atoms with Crippen LogP contribution in [0.4, 0.5) is 0 Å². The Bertz CT molecular complexity index is 1180. The highest BCUT2D eigenvalue weighted by Crippen LogP contribution is 2.29. The molecular weight excluding hydrogens is 468 g/mol. The molecule has 0 atom stereocenters. The van der Waals surface area contributed by atoms with Crippen LogP contribution in [0.5, 0.6) is 23.0 Å². The van der Waals surface area contributed by atoms with E-state index >= 15 is 0 Å². The molecule has 0 aromatic heterocycles. The zero-order chi connectivity index (χ0) is 25.0. The zero-order valence-corrected chi connectivity index (χ0v) is 20.4. The van der Waals surface area contributed by atoms with Crippen molar-refractivity contribution < 1.29 is 23.7 Å². The van der Waals surface area contributed by atoms with E-state index in [4.69, 9.17) is 30.5 Å². The second-order valence-electron chi connectivity index (χ2n) is 7.39. The van der Waals surface area contributed by atoms with Crippen molar-refractivity contribution in [3.05, 3.63) is 95.0 Å². The molecule has 0 heterocycles. The Labute approximate surface area is 209 Å². The first-order valence-corrected chi connectivity index (χ1v) is 11.2. The van der Waals surface area contributed by atoms with E-state index in [9.17, 15) is 4.79 Å². The number of nitrogens with one attached hydrogen (secondary N) is 1. The van der Waals surface area contributed by atoms with Crippen molar-refractivity contribution >= 4 is 23.7 Å². The summed E-state index contributed by atoms with van der Waals surface area (Å²) in [6, 6.07) is 18.3. The monoisotopic (exact) mass is 494 g/mol. The van der Waals surface area contributed by atoms with Gasteiger partial charge < -0.3 is 18.9 Å². The van der Waals surface area contributed by atoms with Crippen LogP contribution >= 0.6 is 11.6 Å². The molecule has 0 unspecified atom stereocenters. The van der Waals surface area contributed by atoms with Crippen LogP contribution in [-0.2, 0) is 17.8 Å². The van der Waals surface area contributed by atoms with Gasteiger partial charge in [-0.15, -0.1) is 6.58 Å². The van der Waals surface area contributed by atoms with Gasteiger partial charge in [-0.3, -0.25) is 4.79 Å². The number of nitrogens with zero attached hydrogens (tertiary/aromatic N) is 1. The minimum atomic E-state index is -0.409. The fourth-order valence-corrected chi connectivity index (χ4v) is 3.23. The van der Waals surface area contributed by atoms with Gasteiger partial charge in [-0.25, -0.2) is 5.43 Å². The van der Waals surface area contributed by atoms with Gasteiger partial charge >= 0.3 is 0 Å². The highest BCUT2D eigenvalue weighted by molar-refractivity contribution is 6.30. The van der Waals surface area contributed by atoms with Crippen LogP contribution < -0.4 is 24.4 Å². The van der Waals surface area contributed by atoms with Gasteiger partial charge in [0.15, 0.2) is 29.6 Å². The van der Waals surface area contributed by atoms with Crippen LogP contribution in [0.25, 0.3) is 0 Å². The van der Waals surface area contributed by atoms with E-state index < -0.39 is 5.91 Å². The summed E-state index contributed by atoms with van der Waals surface area (Å²) in [7, 11) is 3.11. The lowest BCUT2D eigenvalue weighted by Gasteiger charge is -2.12. The zero-order valence-electron chi connectivity index (χ0n) is 19.6. The molecule has 0 spiro atoms. The first kappa shape index (κ1) is 25.6. The standard InChI is InChI=1S/C27H27ClN2O5/c1-4-5-19-8-12-24(25(14-19)32-2)35-18-27(31)30-29-16-21-9-13-23(26(15-21)33-3)34-17-20-6-10-22(28)11-7-20/h4,6-16H,1,5,17-18H2,2-3H3,(H,30,31)/b29-16+. The van der Waals surface area contributed by atoms with Crippen molar-refractivity contribution in [2.24, 2.45) is 5.10 Å². The van der Waals surface area contributed by atoms with E-state index in [1.165, 1.54) is 6.21 Å². The average Bonchev–Trinajstić information content (AvgIpc) is 2.88. The summed E-state index contributed by atoms with van der Waals surface area (Å²) in [5.41, 5.74) is 5.19. The molecule has 0 radical (unpaired) electrons. The molecule has 0 aliphatic carbocycles. The summed E-state index contributed by atoms with van der Waals surface area (Å²) in [5, 5.41) is 4.66. The minimum Gasteiger partial charge on any atom is -0.493 e. The van der Waals surface area contributed by atoms with Crippen molar-refractivity contribution in [1.29, 1.82) is 0 Å². The molecule has 1 N–H and O–H groups in total. The summed E-state index contributed by atoms with van der Waals surface area (Å²) in [4.78, 5) is 12.1. The summed E-state index contributed by atoms with van der Waals surface area (Å²) >= 11 is 5.91. The number of amides is 1. The lowest BCUT2D eigenvalue weighted by atomic mass is 10.1. The predicted octanol–water partition coefficient (Wildman–Crippen LogP) is 5.19. The second kappa shape index (κ2) is 13.1. The van der Waals surface area contributed by atoms with Crippen LogP contribution in [0, 0.1) is 0 Å². The molecule has 0 saturated carbocycles. The molecule has 3 aromatic carbocycles. The smallest absolute Gasteiger partial charge is 0.277 e. The summed E-state index contributed by atoms with van der Waals surface area (Å²) in [5.74, 6) is 1.74. The molecule has 8 heteroatoms. The third-order valence-corrected chi connectivity index (χ3v) is 5.12. The van der Waals surface area contributed by atoms with Crippen molar-refractivity contribution in [2.75, 3.05) is 20.8 Å². The SMILES string of the molecule is C=CCc1ccc(OCC(=O)N/N=C/c2ccc(OCc3ccc(Cl)cc3)c(OC)c2)c(OC)c1. The molecule has 7 nitrogen and oxygen atoms in total. The molecule has 1 amide bonds. The highest BCUT2D eigenvalue weighted by Gasteiger charge is 2.09. The summed E-state index contributed by atoms with van der Waals surface area (Å²) in [6.07, 6.45) is 4.03. The molecule has 3 rings (SSSR count). The first-order chi connectivity index (χ1) is 17.0. The van der Waals surface area contributed by atoms with Crippen molar-refractivity contribution in [2.45, 2.75) is 13.0 Å². The maximum Gasteiger partial charge on any atom is 0.277 e. The van der Waals surface area contributed by atoms with Gasteiger partial charge in [-0.1, -0.05) is 35.9 Å². The van der Waals surface area contributed by atoms with Gasteiger partial charge in [0.05, 0.1) is 20.4 Å². The third kappa shape index (κ3) is 7.79. The molecule has 0 saturated heterocycles. The molecule has 182 valence electrons. The van der Waals surface area contributed by atoms with E-state index in [0.717, 1.165) is 16.7 Å². The third-order valence-electron chi connectivity index (χ3n) is 4.86. The molecule has 0 aliphatic rings. The highest BCUT2D eigenvalue weighted by atomic mass is 35.5. The van der Waals surface area contributed by atoms with E-state index in [0.29, 0.717) is 41.0 Å². The van der Waals surface area contributed by atoms with Crippen molar-refractivity contribution in [3.8, 4) is 23.0 Å². The predicted molar refractivity (Wildman–Crippen MR) is 137 cm³/mol. The summed E-state index contributed by atoms with van der Waals surface area (Å²) < 4.78 is 22.2. The van der Waals surface area contributed by atoms with Crippen molar-refractivity contribution in [1.82, 2.24) is 5.43 Å². The number of hydrazone groups is 1. The van der Waals surface area contributed by atoms with Gasteiger partial charge in [-0.2, -0.15) is 5.10 Å². The Balaban J connectivity index is 1.52. The van der Waals surface area contributed by atoms with E-state index in [1.54, 1.807) is 38.5 Å². The quantitative estimate of drug-likeness (QED) is 0.213. The lowest BCUT2D eigenvalue weighted by Crippen LogP contribution is -2.24. The number of ether oxygens (including phenoxy) is 4. The van der Waals surface area contributed by atoms with Crippen LogP contribution in [-0.4, -0.2) is 32.9 Å². The molecule has 35 heavy (non-hydrogen) atoms. The number of rotatable bonds is 12. The molecule has 0 bridgehead atoms. The van der Waals surface area contributed by atoms with Crippen LogP contribution in [0.2, 0.25) is 5.02 Å². The van der Waals surface area contributed by atoms with E-state index in [1.807, 2.05) is 42.5 Å². The van der Waals surface area contributed by atoms with Gasteiger partial charge in [0, 0.05) is 5.02 Å². The fourth-order valence-electron chi connectivity index (χ4n) is 3.10. The average molecular weight is 495 g/mol. The molecule has 3 aromatic rings. The van der Waals surface area contributed by atoms with Gasteiger partial charge in [0.1, 0.15) is 6.61 Å². The maximum absolute atomic E-state index is 12.1. The minimum absolute atomic E-state index is 0.213. The lowest BCUT2D eigenvalue weighted by molar-refractivity contribution is -0.123. The number of carbonyl (C=O) groups is 1. The number of hydrogen-bond acceptors (Lipinski definition) is 6. The number of hydrogen-bond donors (Lipinski definition) is 1. The summed E-state index contributed by atoms with van der Waals surface area (Å²) in [6.45, 7) is 3.89. The van der Waals surface area contributed by atoms with Crippen molar-refractivity contribution in [3.63, 3.8) is 0 Å². The number of halogens is 1. The van der Waals surface area contributed by atoms with Gasteiger partial charge in [0.2, 0.25) is 0 Å². The Kier molecular flexibility index (Phi) is 9.57. The van der Waals surface area contributed by atoms with Crippen LogP contribution in [0.3, 0.4) is 0 Å². The Morgan fingerprint density at radius 2 is 1.57 bits per heavy atom. The van der Waals surface area contributed by atoms with Crippen LogP contribution in [0.15, 0.2) is 78.4 Å². The maximum atomic E-state index is 12.1. The molecular formula is C27H27ClN2O5. The number of carbonyl (C=O) groups excluding carboxylic acids is 1. The molecule has 0 aliphatic heterocycles. The Morgan fingerprint density at radius 3 is 2.29 bits per heavy atom. The van der Waals surface area contributed by atoms with E-state index in [-0.39, 0.29) is 6.61 Å². The van der Waals surface area contributed by atoms with Gasteiger partial charge in [-0.05, 0) is 65.6 Å². The Morgan fingerprint density at radius 1 is 0.914 bits per heavy atom. The fraction of sp³-hybridized carbons (Fsp3) is 0.185. The molecule has 0 fully saturated rings. The van der Waals surface area contributed by atoms with Gasteiger partial charge in [0.25, 0.3) is 5.91 Å². The van der Waals surface area contributed by atoms with E-state index in [2.05, 4.69) is 17.1 Å². The number of methoxy groups -OCH3 is 2.